The third kappa shape index (κ3) is 1.94. The lowest BCUT2D eigenvalue weighted by atomic mass is 10.0. The van der Waals surface area contributed by atoms with Gasteiger partial charge in [0.15, 0.2) is 11.4 Å². The predicted molar refractivity (Wildman–Crippen MR) is 84.2 cm³/mol. The molecule has 0 saturated heterocycles. The Morgan fingerprint density at radius 3 is 3.14 bits per heavy atom. The summed E-state index contributed by atoms with van der Waals surface area (Å²) in [7, 11) is 1.73. The average molecular weight is 298 g/mol. The summed E-state index contributed by atoms with van der Waals surface area (Å²) in [6.45, 7) is 3.86. The van der Waals surface area contributed by atoms with Gasteiger partial charge in [-0.25, -0.2) is 4.79 Å². The van der Waals surface area contributed by atoms with Gasteiger partial charge in [-0.3, -0.25) is 9.67 Å². The number of rotatable bonds is 2. The molecule has 0 atom stereocenters. The highest BCUT2D eigenvalue weighted by Crippen LogP contribution is 2.28. The van der Waals surface area contributed by atoms with Gasteiger partial charge in [-0.05, 0) is 37.5 Å². The average Bonchev–Trinajstić information content (AvgIpc) is 3.03. The van der Waals surface area contributed by atoms with Crippen molar-refractivity contribution in [1.82, 2.24) is 14.8 Å². The van der Waals surface area contributed by atoms with Crippen molar-refractivity contribution in [2.75, 3.05) is 11.4 Å². The van der Waals surface area contributed by atoms with Crippen LogP contribution < -0.4 is 10.7 Å². The molecule has 1 aromatic carbocycles. The zero-order chi connectivity index (χ0) is 15.3. The molecule has 1 N–H and O–H groups in total. The number of oxazole rings is 1. The minimum absolute atomic E-state index is 0.324. The minimum atomic E-state index is -0.324. The molecule has 0 amide bonds. The highest BCUT2D eigenvalue weighted by molar-refractivity contribution is 5.73. The fourth-order valence-corrected chi connectivity index (χ4v) is 3.20. The number of nitrogens with one attached hydrogen (secondary N) is 1. The highest BCUT2D eigenvalue weighted by atomic mass is 16.4. The lowest BCUT2D eigenvalue weighted by Crippen LogP contribution is -2.28. The molecule has 22 heavy (non-hydrogen) atoms. The van der Waals surface area contributed by atoms with E-state index in [1.54, 1.807) is 11.6 Å². The van der Waals surface area contributed by atoms with Gasteiger partial charge in [0, 0.05) is 31.4 Å². The van der Waals surface area contributed by atoms with Crippen molar-refractivity contribution >= 4 is 16.9 Å². The number of fused-ring (bicyclic) bond motifs is 2. The van der Waals surface area contributed by atoms with Crippen molar-refractivity contribution in [2.45, 2.75) is 26.3 Å². The van der Waals surface area contributed by atoms with Gasteiger partial charge in [-0.15, -0.1) is 0 Å². The molecule has 0 spiro atoms. The molecule has 6 heteroatoms. The number of aryl methyl sites for hydroxylation is 2. The van der Waals surface area contributed by atoms with E-state index < -0.39 is 0 Å². The molecule has 0 saturated carbocycles. The Morgan fingerprint density at radius 2 is 2.27 bits per heavy atom. The maximum Gasteiger partial charge on any atom is 0.419 e. The van der Waals surface area contributed by atoms with Crippen LogP contribution in [-0.2, 0) is 20.0 Å². The molecule has 0 unspecified atom stereocenters. The Hall–Kier alpha value is -2.50. The maximum atomic E-state index is 11.6. The molecule has 114 valence electrons. The number of aromatic nitrogens is 3. The van der Waals surface area contributed by atoms with Gasteiger partial charge in [0.25, 0.3) is 0 Å². The van der Waals surface area contributed by atoms with Crippen LogP contribution in [0.2, 0.25) is 0 Å². The number of nitrogens with zero attached hydrogens (tertiary/aromatic N) is 3. The van der Waals surface area contributed by atoms with Gasteiger partial charge in [0.1, 0.15) is 0 Å². The van der Waals surface area contributed by atoms with Gasteiger partial charge < -0.3 is 9.32 Å². The van der Waals surface area contributed by atoms with Crippen molar-refractivity contribution < 1.29 is 4.42 Å². The monoisotopic (exact) mass is 298 g/mol. The molecule has 0 bridgehead atoms. The summed E-state index contributed by atoms with van der Waals surface area (Å²) in [5, 5.41) is 7.53. The van der Waals surface area contributed by atoms with E-state index in [0.29, 0.717) is 5.58 Å². The van der Waals surface area contributed by atoms with Crippen LogP contribution in [0.3, 0.4) is 0 Å². The summed E-state index contributed by atoms with van der Waals surface area (Å²) in [5.41, 5.74) is 5.09. The Balaban J connectivity index is 1.69. The molecule has 0 aliphatic carbocycles. The van der Waals surface area contributed by atoms with E-state index in [1.807, 2.05) is 18.2 Å². The summed E-state index contributed by atoms with van der Waals surface area (Å²) in [6, 6.07) is 5.90. The Morgan fingerprint density at radius 1 is 1.41 bits per heavy atom. The first-order valence-corrected chi connectivity index (χ1v) is 7.51. The predicted octanol–water partition coefficient (Wildman–Crippen LogP) is 2.12. The zero-order valence-electron chi connectivity index (χ0n) is 12.7. The maximum absolute atomic E-state index is 11.6. The summed E-state index contributed by atoms with van der Waals surface area (Å²) in [5.74, 6) is 0.736. The number of hydrogen-bond donors (Lipinski definition) is 1. The van der Waals surface area contributed by atoms with Crippen molar-refractivity contribution in [3.63, 3.8) is 0 Å². The molecular formula is C16H18N4O2. The second-order valence-electron chi connectivity index (χ2n) is 5.90. The van der Waals surface area contributed by atoms with Gasteiger partial charge >= 0.3 is 5.76 Å². The van der Waals surface area contributed by atoms with E-state index in [0.717, 1.165) is 48.5 Å². The molecule has 3 aromatic rings. The van der Waals surface area contributed by atoms with E-state index in [1.165, 1.54) is 5.56 Å². The van der Waals surface area contributed by atoms with Crippen LogP contribution in [0, 0.1) is 6.92 Å². The second kappa shape index (κ2) is 4.76. The third-order valence-electron chi connectivity index (χ3n) is 4.44. The SMILES string of the molecule is Cc1[nH]nc2c1CCCN2Cc1ccc2oc(=O)n(C)c2c1. The van der Waals surface area contributed by atoms with Crippen LogP contribution in [0.4, 0.5) is 5.82 Å². The molecule has 0 fully saturated rings. The van der Waals surface area contributed by atoms with Crippen molar-refractivity contribution in [1.29, 1.82) is 0 Å². The highest BCUT2D eigenvalue weighted by Gasteiger charge is 2.21. The van der Waals surface area contributed by atoms with Crippen LogP contribution >= 0.6 is 0 Å². The smallest absolute Gasteiger partial charge is 0.408 e. The van der Waals surface area contributed by atoms with Crippen molar-refractivity contribution in [3.05, 3.63) is 45.6 Å². The molecule has 1 aliphatic rings. The second-order valence-corrected chi connectivity index (χ2v) is 5.90. The van der Waals surface area contributed by atoms with Crippen molar-refractivity contribution in [3.8, 4) is 0 Å². The van der Waals surface area contributed by atoms with Crippen LogP contribution in [0.5, 0.6) is 0 Å². The van der Waals surface area contributed by atoms with E-state index >= 15 is 0 Å². The molecule has 0 radical (unpaired) electrons. The summed E-state index contributed by atoms with van der Waals surface area (Å²) >= 11 is 0. The normalized spacial score (nSPS) is 14.5. The topological polar surface area (TPSA) is 67.1 Å². The van der Waals surface area contributed by atoms with Crippen LogP contribution in [-0.4, -0.2) is 21.3 Å². The lowest BCUT2D eigenvalue weighted by molar-refractivity contribution is 0.528. The first-order valence-electron chi connectivity index (χ1n) is 7.51. The lowest BCUT2D eigenvalue weighted by Gasteiger charge is -2.27. The summed E-state index contributed by atoms with van der Waals surface area (Å²) in [6.07, 6.45) is 2.23. The van der Waals surface area contributed by atoms with E-state index in [-0.39, 0.29) is 5.76 Å². The van der Waals surface area contributed by atoms with Crippen LogP contribution in [0.15, 0.2) is 27.4 Å². The van der Waals surface area contributed by atoms with Gasteiger partial charge in [-0.2, -0.15) is 5.10 Å². The number of anilines is 1. The largest absolute Gasteiger partial charge is 0.419 e. The van der Waals surface area contributed by atoms with Gasteiger partial charge in [0.2, 0.25) is 0 Å². The Labute approximate surface area is 127 Å². The van der Waals surface area contributed by atoms with E-state index in [4.69, 9.17) is 4.42 Å². The molecule has 3 heterocycles. The number of hydrogen-bond acceptors (Lipinski definition) is 4. The number of benzene rings is 1. The number of H-pyrrole nitrogens is 1. The standard InChI is InChI=1S/C16H18N4O2/c1-10-12-4-3-7-20(15(12)18-17-10)9-11-5-6-14-13(8-11)19(2)16(21)22-14/h5-6,8H,3-4,7,9H2,1-2H3,(H,17,18). The zero-order valence-corrected chi connectivity index (χ0v) is 12.7. The first-order chi connectivity index (χ1) is 10.6. The van der Waals surface area contributed by atoms with Crippen LogP contribution in [0.1, 0.15) is 23.2 Å². The van der Waals surface area contributed by atoms with Gasteiger partial charge in [0.05, 0.1) is 5.52 Å². The van der Waals surface area contributed by atoms with Gasteiger partial charge in [-0.1, -0.05) is 6.07 Å². The Kier molecular flexibility index (Phi) is 2.85. The van der Waals surface area contributed by atoms with E-state index in [9.17, 15) is 4.79 Å². The third-order valence-corrected chi connectivity index (χ3v) is 4.44. The number of aromatic amines is 1. The molecule has 4 rings (SSSR count). The van der Waals surface area contributed by atoms with Crippen LogP contribution in [0.25, 0.3) is 11.1 Å². The molecule has 1 aliphatic heterocycles. The molecular weight excluding hydrogens is 280 g/mol. The quantitative estimate of drug-likeness (QED) is 0.787. The Bertz CT molecular complexity index is 903. The van der Waals surface area contributed by atoms with Crippen molar-refractivity contribution in [2.24, 2.45) is 7.05 Å². The molecule has 6 nitrogen and oxygen atoms in total. The minimum Gasteiger partial charge on any atom is -0.408 e. The molecule has 2 aromatic heterocycles. The summed E-state index contributed by atoms with van der Waals surface area (Å²) in [4.78, 5) is 13.9. The fraction of sp³-hybridized carbons (Fsp3) is 0.375. The summed E-state index contributed by atoms with van der Waals surface area (Å²) < 4.78 is 6.72. The fourth-order valence-electron chi connectivity index (χ4n) is 3.20. The first kappa shape index (κ1) is 13.2. The van der Waals surface area contributed by atoms with E-state index in [2.05, 4.69) is 22.0 Å².